The lowest BCUT2D eigenvalue weighted by Gasteiger charge is -2.17. The molecule has 1 N–H and O–H groups in total. The van der Waals surface area contributed by atoms with Gasteiger partial charge in [0, 0.05) is 0 Å². The third-order valence-electron chi connectivity index (χ3n) is 0.761. The summed E-state index contributed by atoms with van der Waals surface area (Å²) in [5.41, 5.74) is 0. The third-order valence-corrected chi connectivity index (χ3v) is 2.05. The van der Waals surface area contributed by atoms with E-state index in [1.54, 1.807) is 0 Å². The Morgan fingerprint density at radius 3 is 2.17 bits per heavy atom. The Morgan fingerprint density at radius 2 is 1.83 bits per heavy atom. The van der Waals surface area contributed by atoms with Gasteiger partial charge in [-0.15, -0.1) is 6.58 Å². The molecule has 0 radical (unpaired) electrons. The smallest absolute Gasteiger partial charge is 0.365 e. The first kappa shape index (κ1) is 11.7. The molecule has 0 heterocycles. The predicted molar refractivity (Wildman–Crippen MR) is 40.3 cm³/mol. The first-order valence-electron chi connectivity index (χ1n) is 3.09. The minimum atomic E-state index is -3.79. The highest BCUT2D eigenvalue weighted by molar-refractivity contribution is 6.51. The van der Waals surface area contributed by atoms with Crippen molar-refractivity contribution in [3.05, 3.63) is 12.7 Å². The van der Waals surface area contributed by atoms with E-state index in [1.165, 1.54) is 20.3 Å². The normalized spacial score (nSPS) is 11.6. The molecule has 0 saturated carbocycles. The van der Waals surface area contributed by atoms with E-state index < -0.39 is 9.05 Å². The van der Waals surface area contributed by atoms with Crippen molar-refractivity contribution in [1.29, 1.82) is 0 Å². The van der Waals surface area contributed by atoms with E-state index >= 15 is 0 Å². The van der Waals surface area contributed by atoms with Crippen LogP contribution in [0.4, 0.5) is 0 Å². The molecule has 0 aromatic carbocycles. The molecule has 0 aromatic heterocycles. The van der Waals surface area contributed by atoms with Crippen molar-refractivity contribution in [2.45, 2.75) is 0 Å². The molecule has 0 aromatic rings. The van der Waals surface area contributed by atoms with Gasteiger partial charge in [0.15, 0.2) is 0 Å². The van der Waals surface area contributed by atoms with Gasteiger partial charge in [0.05, 0.1) is 20.8 Å². The largest absolute Gasteiger partial charge is 0.733 e. The van der Waals surface area contributed by atoms with Crippen LogP contribution in [0, 0.1) is 0 Å². The summed E-state index contributed by atoms with van der Waals surface area (Å²) >= 11 is 0. The van der Waals surface area contributed by atoms with Crippen LogP contribution >= 0.6 is 0 Å². The van der Waals surface area contributed by atoms with Crippen LogP contribution < -0.4 is 0 Å². The second-order valence-corrected chi connectivity index (χ2v) is 3.29. The molecular formula is C5H12O6Si. The zero-order valence-corrected chi connectivity index (χ0v) is 7.98. The molecule has 0 unspecified atom stereocenters. The van der Waals surface area contributed by atoms with Crippen molar-refractivity contribution >= 4 is 9.05 Å². The summed E-state index contributed by atoms with van der Waals surface area (Å²) in [5, 5.41) is 0. The van der Waals surface area contributed by atoms with Gasteiger partial charge in [-0.05, 0) is 0 Å². The highest BCUT2D eigenvalue weighted by Gasteiger charge is 2.44. The molecule has 0 spiro atoms. The van der Waals surface area contributed by atoms with Crippen molar-refractivity contribution in [3.8, 4) is 0 Å². The molecular weight excluding hydrogens is 184 g/mol. The maximum Gasteiger partial charge on any atom is 0.733 e. The third kappa shape index (κ3) is 4.57. The summed E-state index contributed by atoms with van der Waals surface area (Å²) in [7, 11) is -1.35. The van der Waals surface area contributed by atoms with E-state index in [0.29, 0.717) is 0 Å². The lowest BCUT2D eigenvalue weighted by molar-refractivity contribution is -0.316. The summed E-state index contributed by atoms with van der Waals surface area (Å²) in [6, 6.07) is 0. The molecule has 0 amide bonds. The summed E-state index contributed by atoms with van der Waals surface area (Å²) in [6.07, 6.45) is 1.43. The Morgan fingerprint density at radius 1 is 1.33 bits per heavy atom. The topological polar surface area (TPSA) is 66.4 Å². The molecule has 0 saturated heterocycles. The Bertz CT molecular complexity index is 123. The molecule has 0 bridgehead atoms. The molecule has 12 heavy (non-hydrogen) atoms. The van der Waals surface area contributed by atoms with Gasteiger partial charge in [-0.3, -0.25) is 0 Å². The van der Waals surface area contributed by atoms with Crippen LogP contribution in [-0.2, 0) is 23.4 Å². The van der Waals surface area contributed by atoms with Crippen LogP contribution in [0.25, 0.3) is 0 Å². The minimum Gasteiger partial charge on any atom is -0.365 e. The predicted octanol–water partition coefficient (Wildman–Crippen LogP) is -0.227. The zero-order valence-electron chi connectivity index (χ0n) is 6.98. The zero-order chi connectivity index (χ0) is 9.45. The molecule has 0 rings (SSSR count). The van der Waals surface area contributed by atoms with Gasteiger partial charge in [0.25, 0.3) is 0 Å². The van der Waals surface area contributed by atoms with Gasteiger partial charge in [0.1, 0.15) is 0 Å². The molecule has 0 fully saturated rings. The van der Waals surface area contributed by atoms with Crippen molar-refractivity contribution in [2.75, 3.05) is 20.8 Å². The molecule has 7 heteroatoms. The minimum absolute atomic E-state index is 0.0788. The van der Waals surface area contributed by atoms with Crippen LogP contribution in [-0.4, -0.2) is 34.7 Å². The average molecular weight is 196 g/mol. The highest BCUT2D eigenvalue weighted by Crippen LogP contribution is 2.05. The fraction of sp³-hybridized carbons (Fsp3) is 0.600. The van der Waals surface area contributed by atoms with E-state index in [4.69, 9.17) is 4.43 Å². The second kappa shape index (κ2) is 6.26. The molecule has 6 nitrogen and oxygen atoms in total. The summed E-state index contributed by atoms with van der Waals surface area (Å²) in [6.45, 7) is 3.46. The number of hydrogen-bond acceptors (Lipinski definition) is 6. The van der Waals surface area contributed by atoms with Crippen LogP contribution in [0.1, 0.15) is 0 Å². The quantitative estimate of drug-likeness (QED) is 0.263. The molecule has 72 valence electrons. The van der Waals surface area contributed by atoms with E-state index in [0.717, 1.165) is 0 Å². The van der Waals surface area contributed by atoms with Crippen molar-refractivity contribution < 1.29 is 28.2 Å². The fourth-order valence-corrected chi connectivity index (χ4v) is 1.31. The lowest BCUT2D eigenvalue weighted by Crippen LogP contribution is -2.45. The standard InChI is InChI=1S/C5H12O6Si/c1-4-5-9-12(6,10-7-2)11-8-3/h4,6H,1,5H2,2-3H3. The van der Waals surface area contributed by atoms with Crippen molar-refractivity contribution in [3.63, 3.8) is 0 Å². The first-order chi connectivity index (χ1) is 5.68. The van der Waals surface area contributed by atoms with Gasteiger partial charge < -0.3 is 9.22 Å². The highest BCUT2D eigenvalue weighted by atomic mass is 28.4. The average Bonchev–Trinajstić information content (AvgIpc) is 2.02. The molecule has 0 aliphatic carbocycles. The van der Waals surface area contributed by atoms with Crippen LogP contribution in [0.5, 0.6) is 0 Å². The van der Waals surface area contributed by atoms with E-state index in [2.05, 4.69) is 25.5 Å². The Kier molecular flexibility index (Phi) is 6.11. The van der Waals surface area contributed by atoms with Gasteiger partial charge in [-0.2, -0.15) is 9.15 Å². The van der Waals surface area contributed by atoms with Crippen LogP contribution in [0.3, 0.4) is 0 Å². The Balaban J connectivity index is 3.88. The molecule has 0 aliphatic heterocycles. The SMILES string of the molecule is C=CCO[Si](O)(OOC)OOC. The van der Waals surface area contributed by atoms with Gasteiger partial charge in [-0.25, -0.2) is 9.78 Å². The van der Waals surface area contributed by atoms with Gasteiger partial charge >= 0.3 is 9.05 Å². The summed E-state index contributed by atoms with van der Waals surface area (Å²) in [5.74, 6) is 0. The van der Waals surface area contributed by atoms with E-state index in [1.807, 2.05) is 0 Å². The summed E-state index contributed by atoms with van der Waals surface area (Å²) in [4.78, 5) is 17.7. The monoisotopic (exact) mass is 196 g/mol. The molecule has 0 atom stereocenters. The lowest BCUT2D eigenvalue weighted by atomic mass is 10.7. The number of hydrogen-bond donors (Lipinski definition) is 1. The molecule has 0 aliphatic rings. The van der Waals surface area contributed by atoms with Gasteiger partial charge in [0.2, 0.25) is 0 Å². The van der Waals surface area contributed by atoms with Crippen molar-refractivity contribution in [1.82, 2.24) is 0 Å². The maximum absolute atomic E-state index is 9.32. The fourth-order valence-electron chi connectivity index (χ4n) is 0.437. The maximum atomic E-state index is 9.32. The van der Waals surface area contributed by atoms with E-state index in [-0.39, 0.29) is 6.61 Å². The van der Waals surface area contributed by atoms with Crippen molar-refractivity contribution in [2.24, 2.45) is 0 Å². The first-order valence-corrected chi connectivity index (χ1v) is 4.76. The van der Waals surface area contributed by atoms with Gasteiger partial charge in [-0.1, -0.05) is 6.08 Å². The van der Waals surface area contributed by atoms with Crippen LogP contribution in [0.15, 0.2) is 12.7 Å². The Labute approximate surface area is 71.6 Å². The summed E-state index contributed by atoms with van der Waals surface area (Å²) < 4.78 is 13.4. The second-order valence-electron chi connectivity index (χ2n) is 1.62. The Hall–Kier alpha value is -0.283. The number of rotatable bonds is 7. The van der Waals surface area contributed by atoms with E-state index in [9.17, 15) is 4.80 Å². The van der Waals surface area contributed by atoms with Crippen LogP contribution in [0.2, 0.25) is 0 Å².